The second-order valence-electron chi connectivity index (χ2n) is 9.16. The van der Waals surface area contributed by atoms with E-state index < -0.39 is 0 Å². The third-order valence-corrected chi connectivity index (χ3v) is 5.63. The number of nitrogens with zero attached hydrogens (tertiary/aromatic N) is 8. The van der Waals surface area contributed by atoms with Gasteiger partial charge in [-0.1, -0.05) is 50.9 Å². The first kappa shape index (κ1) is 32.2. The van der Waals surface area contributed by atoms with Crippen LogP contribution in [0.5, 0.6) is 17.4 Å². The molecule has 0 saturated carbocycles. The number of aromatic nitrogens is 4. The van der Waals surface area contributed by atoms with Gasteiger partial charge >= 0.3 is 0 Å². The summed E-state index contributed by atoms with van der Waals surface area (Å²) in [6, 6.07) is 10.3. The summed E-state index contributed by atoms with van der Waals surface area (Å²) in [6.07, 6.45) is 6.43. The van der Waals surface area contributed by atoms with E-state index in [2.05, 4.69) is 43.8 Å². The molecule has 40 heavy (non-hydrogen) atoms. The third-order valence-electron chi connectivity index (χ3n) is 5.63. The Hall–Kier alpha value is -4.03. The van der Waals surface area contributed by atoms with Gasteiger partial charge in [0.1, 0.15) is 22.9 Å². The zero-order valence-electron chi connectivity index (χ0n) is 23.5. The van der Waals surface area contributed by atoms with E-state index in [0.29, 0.717) is 34.9 Å². The van der Waals surface area contributed by atoms with E-state index in [-0.39, 0.29) is 34.2 Å². The number of azo groups is 2. The SMILES string of the molecule is CCCc1nn(C)[c-]c1N=Nc1cc(C)ccc1O.CCCc1nn(C)c(O)c1N=Nc1cc(C)ccc1O.[Co]. The Morgan fingerprint density at radius 2 is 1.27 bits per heavy atom. The van der Waals surface area contributed by atoms with Crippen molar-refractivity contribution in [1.82, 2.24) is 19.6 Å². The second kappa shape index (κ2) is 14.9. The maximum Gasteiger partial charge on any atom is 0.238 e. The van der Waals surface area contributed by atoms with E-state index in [1.165, 1.54) is 4.68 Å². The Morgan fingerprint density at radius 3 is 1.82 bits per heavy atom. The Kier molecular flexibility index (Phi) is 12.0. The van der Waals surface area contributed by atoms with Crippen LogP contribution in [0.3, 0.4) is 0 Å². The van der Waals surface area contributed by atoms with E-state index in [1.807, 2.05) is 33.9 Å². The third kappa shape index (κ3) is 8.48. The van der Waals surface area contributed by atoms with Gasteiger partial charge in [0.05, 0.1) is 5.69 Å². The van der Waals surface area contributed by atoms with Crippen molar-refractivity contribution in [2.24, 2.45) is 34.6 Å². The zero-order valence-corrected chi connectivity index (χ0v) is 24.6. The molecule has 2 aromatic carbocycles. The Labute approximate surface area is 244 Å². The van der Waals surface area contributed by atoms with Crippen LogP contribution in [0, 0.1) is 20.0 Å². The molecule has 0 aliphatic carbocycles. The monoisotopic (exact) mass is 590 g/mol. The fourth-order valence-corrected chi connectivity index (χ4v) is 3.66. The van der Waals surface area contributed by atoms with Gasteiger partial charge < -0.3 is 20.0 Å². The first-order valence-corrected chi connectivity index (χ1v) is 12.8. The van der Waals surface area contributed by atoms with Crippen molar-refractivity contribution in [2.45, 2.75) is 53.4 Å². The number of phenols is 2. The van der Waals surface area contributed by atoms with Gasteiger partial charge in [0.15, 0.2) is 5.69 Å². The molecule has 2 aromatic heterocycles. The normalized spacial score (nSPS) is 11.1. The summed E-state index contributed by atoms with van der Waals surface area (Å²) < 4.78 is 2.98. The summed E-state index contributed by atoms with van der Waals surface area (Å²) in [7, 11) is 3.46. The van der Waals surface area contributed by atoms with Crippen LogP contribution in [0.25, 0.3) is 0 Å². The minimum atomic E-state index is -0.0238. The molecule has 0 aliphatic rings. The number of phenolic OH excluding ortho intramolecular Hbond substituents is 2. The van der Waals surface area contributed by atoms with Crippen LogP contribution in [0.2, 0.25) is 0 Å². The molecule has 4 rings (SSSR count). The summed E-state index contributed by atoms with van der Waals surface area (Å²) in [5.74, 6) is 0.152. The summed E-state index contributed by atoms with van der Waals surface area (Å²) in [5.41, 5.74) is 5.39. The fraction of sp³-hybridized carbons (Fsp3) is 0.357. The quantitative estimate of drug-likeness (QED) is 0.148. The van der Waals surface area contributed by atoms with Crippen molar-refractivity contribution in [3.8, 4) is 17.4 Å². The molecule has 2 heterocycles. The maximum atomic E-state index is 9.93. The van der Waals surface area contributed by atoms with Gasteiger partial charge in [-0.05, 0) is 61.3 Å². The minimum absolute atomic E-state index is 0. The van der Waals surface area contributed by atoms with Crippen LogP contribution in [0.1, 0.15) is 49.2 Å². The van der Waals surface area contributed by atoms with Crippen molar-refractivity contribution < 1.29 is 32.1 Å². The van der Waals surface area contributed by atoms with Crippen molar-refractivity contribution in [1.29, 1.82) is 0 Å². The van der Waals surface area contributed by atoms with E-state index in [4.69, 9.17) is 0 Å². The second-order valence-corrected chi connectivity index (χ2v) is 9.16. The summed E-state index contributed by atoms with van der Waals surface area (Å²) in [6.45, 7) is 7.96. The molecule has 0 atom stereocenters. The predicted molar refractivity (Wildman–Crippen MR) is 149 cm³/mol. The summed E-state index contributed by atoms with van der Waals surface area (Å²) in [4.78, 5) is 0. The molecule has 1 radical (unpaired) electrons. The molecule has 0 saturated heterocycles. The molecule has 0 spiro atoms. The topological polar surface area (TPSA) is 146 Å². The van der Waals surface area contributed by atoms with E-state index in [9.17, 15) is 15.3 Å². The van der Waals surface area contributed by atoms with Crippen molar-refractivity contribution in [3.63, 3.8) is 0 Å². The van der Waals surface area contributed by atoms with Crippen LogP contribution < -0.4 is 0 Å². The van der Waals surface area contributed by atoms with Gasteiger partial charge in [-0.15, -0.1) is 21.5 Å². The Bertz CT molecular complexity index is 1480. The van der Waals surface area contributed by atoms with E-state index in [0.717, 1.165) is 36.1 Å². The molecule has 4 aromatic rings. The number of hydrogen-bond donors (Lipinski definition) is 3. The molecular weight excluding hydrogens is 555 g/mol. The van der Waals surface area contributed by atoms with Crippen LogP contribution in [0.15, 0.2) is 56.9 Å². The van der Waals surface area contributed by atoms with Crippen LogP contribution in [0.4, 0.5) is 22.7 Å². The van der Waals surface area contributed by atoms with Gasteiger partial charge in [0, 0.05) is 30.9 Å². The van der Waals surface area contributed by atoms with Crippen molar-refractivity contribution in [3.05, 3.63) is 65.1 Å². The molecule has 12 heteroatoms. The van der Waals surface area contributed by atoms with E-state index in [1.54, 1.807) is 42.1 Å². The first-order valence-electron chi connectivity index (χ1n) is 12.8. The average molecular weight is 591 g/mol. The van der Waals surface area contributed by atoms with Gasteiger partial charge in [0.25, 0.3) is 0 Å². The molecule has 215 valence electrons. The largest absolute Gasteiger partial charge is 0.506 e. The first-order chi connectivity index (χ1) is 18.6. The molecular formula is C28H35CoN8O3-. The Balaban J connectivity index is 0.000000274. The number of aryl methyl sites for hydroxylation is 6. The number of rotatable bonds is 8. The maximum absolute atomic E-state index is 9.93. The van der Waals surface area contributed by atoms with Crippen LogP contribution in [-0.2, 0) is 43.7 Å². The van der Waals surface area contributed by atoms with Gasteiger partial charge in [0.2, 0.25) is 5.88 Å². The van der Waals surface area contributed by atoms with E-state index >= 15 is 0 Å². The fourth-order valence-electron chi connectivity index (χ4n) is 3.66. The Morgan fingerprint density at radius 1 is 0.750 bits per heavy atom. The number of benzene rings is 2. The summed E-state index contributed by atoms with van der Waals surface area (Å²) >= 11 is 0. The minimum Gasteiger partial charge on any atom is -0.506 e. The van der Waals surface area contributed by atoms with Gasteiger partial charge in [-0.2, -0.15) is 10.2 Å². The summed E-state index contributed by atoms with van der Waals surface area (Å²) in [5, 5.41) is 54.2. The molecule has 0 fully saturated rings. The standard InChI is InChI=1S/C14H18N4O2.C14H17N4O.Co/c1-4-5-10-13(14(20)18(3)17-10)16-15-11-8-9(2)6-7-12(11)19;1-4-5-11-13(9-18(3)17-11)16-15-12-8-10(2)6-7-14(12)19;/h6-8,19-20H,4-5H2,1-3H3;6-8,19H,4-5H2,1-3H3;/q;-1;. The number of aromatic hydroxyl groups is 3. The zero-order chi connectivity index (χ0) is 28.5. The average Bonchev–Trinajstić information content (AvgIpc) is 3.38. The van der Waals surface area contributed by atoms with Crippen molar-refractivity contribution >= 4 is 22.7 Å². The van der Waals surface area contributed by atoms with Gasteiger partial charge in [-0.3, -0.25) is 5.10 Å². The smallest absolute Gasteiger partial charge is 0.238 e. The molecule has 3 N–H and O–H groups in total. The molecule has 0 amide bonds. The van der Waals surface area contributed by atoms with Gasteiger partial charge in [-0.25, -0.2) is 4.68 Å². The number of hydrogen-bond acceptors (Lipinski definition) is 9. The van der Waals surface area contributed by atoms with Crippen molar-refractivity contribution in [2.75, 3.05) is 0 Å². The van der Waals surface area contributed by atoms with Crippen LogP contribution >= 0.6 is 0 Å². The predicted octanol–water partition coefficient (Wildman–Crippen LogP) is 7.11. The molecule has 0 aliphatic heterocycles. The molecule has 11 nitrogen and oxygen atoms in total. The van der Waals surface area contributed by atoms with Crippen LogP contribution in [-0.4, -0.2) is 34.9 Å². The molecule has 0 bridgehead atoms. The molecule has 0 unspecified atom stereocenters.